The molecule has 0 radical (unpaired) electrons. The fraction of sp³-hybridized carbons (Fsp3) is 0.429. The lowest BCUT2D eigenvalue weighted by Crippen LogP contribution is -2.34. The third-order valence-electron chi connectivity index (χ3n) is 2.50. The molecule has 0 aliphatic rings. The first-order chi connectivity index (χ1) is 9.02. The van der Waals surface area contributed by atoms with Gasteiger partial charge in [-0.05, 0) is 54.9 Å². The third kappa shape index (κ3) is 5.70. The molecule has 0 bridgehead atoms. The number of benzene rings is 1. The predicted octanol–water partition coefficient (Wildman–Crippen LogP) is 2.54. The van der Waals surface area contributed by atoms with Crippen LogP contribution >= 0.6 is 12.2 Å². The maximum absolute atomic E-state index is 5.13. The van der Waals surface area contributed by atoms with Crippen molar-refractivity contribution in [2.24, 2.45) is 11.0 Å². The molecule has 0 saturated heterocycles. The summed E-state index contributed by atoms with van der Waals surface area (Å²) in [7, 11) is 1.65. The molecule has 19 heavy (non-hydrogen) atoms. The van der Waals surface area contributed by atoms with Crippen molar-refractivity contribution >= 4 is 23.0 Å². The molecule has 0 aliphatic carbocycles. The van der Waals surface area contributed by atoms with Gasteiger partial charge in [0, 0.05) is 6.54 Å². The number of ether oxygens (including phenoxy) is 1. The zero-order valence-corrected chi connectivity index (χ0v) is 12.7. The second-order valence-corrected chi connectivity index (χ2v) is 5.05. The first kappa shape index (κ1) is 15.4. The summed E-state index contributed by atoms with van der Waals surface area (Å²) in [5.41, 5.74) is 4.74. The van der Waals surface area contributed by atoms with Crippen molar-refractivity contribution in [2.45, 2.75) is 20.8 Å². The standard InChI is InChI=1S/C14H21N3OS/c1-10(2)9-15-14(19)17-16-11(3)12-5-7-13(18-4)8-6-12/h5-8,10H,9H2,1-4H3,(H2,15,17,19)/b16-11-. The molecule has 0 amide bonds. The van der Waals surface area contributed by atoms with Gasteiger partial charge in [0.2, 0.25) is 0 Å². The van der Waals surface area contributed by atoms with Gasteiger partial charge in [0.15, 0.2) is 5.11 Å². The van der Waals surface area contributed by atoms with Gasteiger partial charge >= 0.3 is 0 Å². The monoisotopic (exact) mass is 279 g/mol. The molecular formula is C14H21N3OS. The fourth-order valence-corrected chi connectivity index (χ4v) is 1.50. The van der Waals surface area contributed by atoms with Gasteiger partial charge in [-0.15, -0.1) is 0 Å². The topological polar surface area (TPSA) is 45.6 Å². The number of methoxy groups -OCH3 is 1. The van der Waals surface area contributed by atoms with Crippen molar-refractivity contribution in [1.29, 1.82) is 0 Å². The number of thiocarbonyl (C=S) groups is 1. The Morgan fingerprint density at radius 2 is 1.95 bits per heavy atom. The average molecular weight is 279 g/mol. The Morgan fingerprint density at radius 3 is 2.47 bits per heavy atom. The molecule has 0 saturated carbocycles. The van der Waals surface area contributed by atoms with E-state index in [-0.39, 0.29) is 0 Å². The van der Waals surface area contributed by atoms with Crippen LogP contribution in [-0.2, 0) is 0 Å². The van der Waals surface area contributed by atoms with Crippen molar-refractivity contribution in [1.82, 2.24) is 10.7 Å². The highest BCUT2D eigenvalue weighted by atomic mass is 32.1. The van der Waals surface area contributed by atoms with Gasteiger partial charge in [-0.3, -0.25) is 5.43 Å². The van der Waals surface area contributed by atoms with Crippen LogP contribution in [0.15, 0.2) is 29.4 Å². The van der Waals surface area contributed by atoms with Gasteiger partial charge in [0.05, 0.1) is 12.8 Å². The second-order valence-electron chi connectivity index (χ2n) is 4.64. The summed E-state index contributed by atoms with van der Waals surface area (Å²) in [6.45, 7) is 7.02. The lowest BCUT2D eigenvalue weighted by Gasteiger charge is -2.10. The van der Waals surface area contributed by atoms with Crippen LogP contribution in [0.5, 0.6) is 5.75 Å². The van der Waals surface area contributed by atoms with E-state index in [1.807, 2.05) is 31.2 Å². The normalized spacial score (nSPS) is 11.3. The van der Waals surface area contributed by atoms with E-state index in [0.717, 1.165) is 23.6 Å². The molecule has 4 nitrogen and oxygen atoms in total. The first-order valence-corrected chi connectivity index (χ1v) is 6.66. The lowest BCUT2D eigenvalue weighted by molar-refractivity contribution is 0.415. The molecule has 1 rings (SSSR count). The Morgan fingerprint density at radius 1 is 1.32 bits per heavy atom. The van der Waals surface area contributed by atoms with Crippen LogP contribution < -0.4 is 15.5 Å². The quantitative estimate of drug-likeness (QED) is 0.494. The second kappa shape index (κ2) is 7.74. The van der Waals surface area contributed by atoms with Crippen LogP contribution in [0.4, 0.5) is 0 Å². The smallest absolute Gasteiger partial charge is 0.186 e. The maximum Gasteiger partial charge on any atom is 0.186 e. The van der Waals surface area contributed by atoms with Crippen LogP contribution in [0.2, 0.25) is 0 Å². The van der Waals surface area contributed by atoms with Gasteiger partial charge < -0.3 is 10.1 Å². The minimum absolute atomic E-state index is 0.543. The summed E-state index contributed by atoms with van der Waals surface area (Å²) < 4.78 is 5.12. The summed E-state index contributed by atoms with van der Waals surface area (Å²) >= 11 is 5.13. The minimum atomic E-state index is 0.543. The SMILES string of the molecule is COc1ccc(/C(C)=N\NC(=S)NCC(C)C)cc1. The lowest BCUT2D eigenvalue weighted by atomic mass is 10.1. The summed E-state index contributed by atoms with van der Waals surface area (Å²) in [6, 6.07) is 7.74. The summed E-state index contributed by atoms with van der Waals surface area (Å²) in [5, 5.41) is 7.89. The molecule has 0 spiro atoms. The number of hydrogen-bond donors (Lipinski definition) is 2. The predicted molar refractivity (Wildman–Crippen MR) is 83.8 cm³/mol. The minimum Gasteiger partial charge on any atom is -0.497 e. The third-order valence-corrected chi connectivity index (χ3v) is 2.74. The molecular weight excluding hydrogens is 258 g/mol. The highest BCUT2D eigenvalue weighted by molar-refractivity contribution is 7.80. The van der Waals surface area contributed by atoms with Gasteiger partial charge in [0.1, 0.15) is 5.75 Å². The zero-order chi connectivity index (χ0) is 14.3. The van der Waals surface area contributed by atoms with E-state index in [2.05, 4.69) is 29.7 Å². The highest BCUT2D eigenvalue weighted by Gasteiger charge is 2.00. The molecule has 0 fully saturated rings. The molecule has 5 heteroatoms. The van der Waals surface area contributed by atoms with E-state index < -0.39 is 0 Å². The summed E-state index contributed by atoms with van der Waals surface area (Å²) in [6.07, 6.45) is 0. The molecule has 104 valence electrons. The molecule has 0 atom stereocenters. The van der Waals surface area contributed by atoms with Crippen LogP contribution in [0.25, 0.3) is 0 Å². The molecule has 2 N–H and O–H groups in total. The van der Waals surface area contributed by atoms with Crippen molar-refractivity contribution < 1.29 is 4.74 Å². The van der Waals surface area contributed by atoms with Gasteiger partial charge in [0.25, 0.3) is 0 Å². The Kier molecular flexibility index (Phi) is 6.29. The summed E-state index contributed by atoms with van der Waals surface area (Å²) in [4.78, 5) is 0. The molecule has 0 unspecified atom stereocenters. The molecule has 1 aromatic carbocycles. The van der Waals surface area contributed by atoms with E-state index in [1.165, 1.54) is 0 Å². The van der Waals surface area contributed by atoms with Crippen LogP contribution in [0, 0.1) is 5.92 Å². The van der Waals surface area contributed by atoms with Gasteiger partial charge in [-0.25, -0.2) is 0 Å². The largest absolute Gasteiger partial charge is 0.497 e. The Balaban J connectivity index is 2.53. The zero-order valence-electron chi connectivity index (χ0n) is 11.9. The molecule has 0 heterocycles. The number of nitrogens with one attached hydrogen (secondary N) is 2. The Hall–Kier alpha value is -1.62. The van der Waals surface area contributed by atoms with Crippen molar-refractivity contribution in [3.8, 4) is 5.75 Å². The van der Waals surface area contributed by atoms with Crippen LogP contribution in [-0.4, -0.2) is 24.5 Å². The van der Waals surface area contributed by atoms with E-state index >= 15 is 0 Å². The Labute approximate surface area is 120 Å². The first-order valence-electron chi connectivity index (χ1n) is 6.25. The Bertz CT molecular complexity index is 441. The summed E-state index contributed by atoms with van der Waals surface area (Å²) in [5.74, 6) is 1.38. The maximum atomic E-state index is 5.13. The molecule has 1 aromatic rings. The number of rotatable bonds is 5. The number of nitrogens with zero attached hydrogens (tertiary/aromatic N) is 1. The average Bonchev–Trinajstić information content (AvgIpc) is 2.42. The molecule has 0 aromatic heterocycles. The number of hydrazone groups is 1. The highest BCUT2D eigenvalue weighted by Crippen LogP contribution is 2.11. The molecule has 0 aliphatic heterocycles. The van der Waals surface area contributed by atoms with E-state index in [4.69, 9.17) is 17.0 Å². The van der Waals surface area contributed by atoms with Gasteiger partial charge in [-0.2, -0.15) is 5.10 Å². The van der Waals surface area contributed by atoms with Crippen molar-refractivity contribution in [3.63, 3.8) is 0 Å². The van der Waals surface area contributed by atoms with E-state index in [1.54, 1.807) is 7.11 Å². The van der Waals surface area contributed by atoms with E-state index in [9.17, 15) is 0 Å². The van der Waals surface area contributed by atoms with Crippen molar-refractivity contribution in [3.05, 3.63) is 29.8 Å². The van der Waals surface area contributed by atoms with Crippen LogP contribution in [0.3, 0.4) is 0 Å². The van der Waals surface area contributed by atoms with Crippen LogP contribution in [0.1, 0.15) is 26.3 Å². The fourth-order valence-electron chi connectivity index (χ4n) is 1.37. The van der Waals surface area contributed by atoms with Crippen molar-refractivity contribution in [2.75, 3.05) is 13.7 Å². The number of hydrogen-bond acceptors (Lipinski definition) is 3. The van der Waals surface area contributed by atoms with Gasteiger partial charge in [-0.1, -0.05) is 13.8 Å². The van der Waals surface area contributed by atoms with E-state index in [0.29, 0.717) is 11.0 Å².